The highest BCUT2D eigenvalue weighted by molar-refractivity contribution is 6.14. The number of benzene rings is 2. The third-order valence-electron chi connectivity index (χ3n) is 4.02. The van der Waals surface area contributed by atoms with Crippen LogP contribution in [0.15, 0.2) is 54.7 Å². The predicted molar refractivity (Wildman–Crippen MR) is 101 cm³/mol. The summed E-state index contributed by atoms with van der Waals surface area (Å²) in [5.41, 5.74) is 3.94. The number of aryl methyl sites for hydroxylation is 3. The van der Waals surface area contributed by atoms with Gasteiger partial charge in [-0.15, -0.1) is 0 Å². The normalized spacial score (nSPS) is 10.4. The topological polar surface area (TPSA) is 76.0 Å². The molecular formula is C20H20N4O2. The second-order valence-corrected chi connectivity index (χ2v) is 6.17. The molecule has 0 saturated heterocycles. The average molecular weight is 348 g/mol. The number of carbonyl (C=O) groups excluding carboxylic acids is 2. The van der Waals surface area contributed by atoms with Gasteiger partial charge in [0, 0.05) is 18.4 Å². The summed E-state index contributed by atoms with van der Waals surface area (Å²) >= 11 is 0. The first-order chi connectivity index (χ1) is 12.4. The standard InChI is InChI=1S/C20H20N4O2/c1-13-4-8-15(9-5-13)22-19(25)17-12-21-24(3)18(17)20(26)23-16-10-6-14(2)7-11-16/h4-12H,1-3H3,(H,22,25)(H,23,26). The molecule has 0 spiro atoms. The maximum atomic E-state index is 12.7. The third kappa shape index (κ3) is 3.80. The van der Waals surface area contributed by atoms with Crippen molar-refractivity contribution < 1.29 is 9.59 Å². The first-order valence-electron chi connectivity index (χ1n) is 8.22. The van der Waals surface area contributed by atoms with Crippen LogP contribution < -0.4 is 10.6 Å². The number of hydrogen-bond acceptors (Lipinski definition) is 3. The highest BCUT2D eigenvalue weighted by Gasteiger charge is 2.22. The predicted octanol–water partition coefficient (Wildman–Crippen LogP) is 3.54. The number of anilines is 2. The van der Waals surface area contributed by atoms with Crippen LogP contribution in [0.3, 0.4) is 0 Å². The quantitative estimate of drug-likeness (QED) is 0.757. The Bertz CT molecular complexity index is 941. The van der Waals surface area contributed by atoms with Crippen LogP contribution in [0.2, 0.25) is 0 Å². The summed E-state index contributed by atoms with van der Waals surface area (Å²) in [4.78, 5) is 25.2. The molecule has 0 fully saturated rings. The molecule has 6 nitrogen and oxygen atoms in total. The number of hydrogen-bond donors (Lipinski definition) is 2. The van der Waals surface area contributed by atoms with E-state index < -0.39 is 0 Å². The van der Waals surface area contributed by atoms with E-state index >= 15 is 0 Å². The van der Waals surface area contributed by atoms with E-state index in [2.05, 4.69) is 15.7 Å². The molecule has 26 heavy (non-hydrogen) atoms. The smallest absolute Gasteiger partial charge is 0.274 e. The summed E-state index contributed by atoms with van der Waals surface area (Å²) in [6, 6.07) is 14.9. The van der Waals surface area contributed by atoms with E-state index in [1.54, 1.807) is 7.05 Å². The van der Waals surface area contributed by atoms with Gasteiger partial charge in [-0.25, -0.2) is 0 Å². The molecule has 0 aliphatic carbocycles. The van der Waals surface area contributed by atoms with Crippen LogP contribution >= 0.6 is 0 Å². The number of rotatable bonds is 4. The molecule has 3 aromatic rings. The van der Waals surface area contributed by atoms with Crippen LogP contribution in [0.4, 0.5) is 11.4 Å². The van der Waals surface area contributed by atoms with E-state index in [1.807, 2.05) is 62.4 Å². The van der Waals surface area contributed by atoms with E-state index in [0.29, 0.717) is 11.4 Å². The van der Waals surface area contributed by atoms with E-state index in [4.69, 9.17) is 0 Å². The Kier molecular flexibility index (Phi) is 4.84. The van der Waals surface area contributed by atoms with Crippen molar-refractivity contribution in [1.82, 2.24) is 9.78 Å². The molecule has 6 heteroatoms. The Hall–Kier alpha value is -3.41. The zero-order valence-corrected chi connectivity index (χ0v) is 14.9. The number of carbonyl (C=O) groups is 2. The molecule has 0 aliphatic heterocycles. The summed E-state index contributed by atoms with van der Waals surface area (Å²) in [5.74, 6) is -0.765. The van der Waals surface area contributed by atoms with Crippen molar-refractivity contribution in [2.45, 2.75) is 13.8 Å². The van der Waals surface area contributed by atoms with Crippen LogP contribution in [-0.4, -0.2) is 21.6 Å². The van der Waals surface area contributed by atoms with Crippen molar-refractivity contribution in [1.29, 1.82) is 0 Å². The van der Waals surface area contributed by atoms with E-state index in [1.165, 1.54) is 10.9 Å². The fraction of sp³-hybridized carbons (Fsp3) is 0.150. The van der Waals surface area contributed by atoms with Gasteiger partial charge in [-0.3, -0.25) is 14.3 Å². The summed E-state index contributed by atoms with van der Waals surface area (Å²) in [6.07, 6.45) is 1.40. The van der Waals surface area contributed by atoms with Crippen molar-refractivity contribution in [3.05, 3.63) is 77.1 Å². The van der Waals surface area contributed by atoms with Gasteiger partial charge in [0.05, 0.1) is 11.8 Å². The molecule has 0 bridgehead atoms. The molecule has 1 heterocycles. The lowest BCUT2D eigenvalue weighted by Crippen LogP contribution is -2.22. The van der Waals surface area contributed by atoms with Crippen molar-refractivity contribution >= 4 is 23.2 Å². The number of amides is 2. The molecule has 1 aromatic heterocycles. The SMILES string of the molecule is Cc1ccc(NC(=O)c2cnn(C)c2C(=O)Nc2ccc(C)cc2)cc1. The van der Waals surface area contributed by atoms with Gasteiger partial charge in [0.25, 0.3) is 11.8 Å². The fourth-order valence-corrected chi connectivity index (χ4v) is 2.54. The molecule has 0 atom stereocenters. The van der Waals surface area contributed by atoms with Crippen LogP contribution in [0, 0.1) is 13.8 Å². The molecule has 0 radical (unpaired) electrons. The van der Waals surface area contributed by atoms with Crippen LogP contribution in [0.25, 0.3) is 0 Å². The minimum Gasteiger partial charge on any atom is -0.322 e. The zero-order valence-electron chi connectivity index (χ0n) is 14.9. The monoisotopic (exact) mass is 348 g/mol. The minimum absolute atomic E-state index is 0.204. The lowest BCUT2D eigenvalue weighted by Gasteiger charge is -2.09. The van der Waals surface area contributed by atoms with Gasteiger partial charge < -0.3 is 10.6 Å². The van der Waals surface area contributed by atoms with Crippen molar-refractivity contribution in [2.24, 2.45) is 7.05 Å². The van der Waals surface area contributed by atoms with Crippen LogP contribution in [0.1, 0.15) is 32.0 Å². The Morgan fingerprint density at radius 1 is 0.808 bits per heavy atom. The first-order valence-corrected chi connectivity index (χ1v) is 8.22. The van der Waals surface area contributed by atoms with E-state index in [-0.39, 0.29) is 23.1 Å². The molecule has 2 N–H and O–H groups in total. The fourth-order valence-electron chi connectivity index (χ4n) is 2.54. The van der Waals surface area contributed by atoms with E-state index in [0.717, 1.165) is 11.1 Å². The molecule has 3 rings (SSSR count). The van der Waals surface area contributed by atoms with Gasteiger partial charge in [0.1, 0.15) is 5.69 Å². The molecule has 0 saturated carbocycles. The van der Waals surface area contributed by atoms with Gasteiger partial charge in [0.2, 0.25) is 0 Å². The largest absolute Gasteiger partial charge is 0.322 e. The van der Waals surface area contributed by atoms with Gasteiger partial charge in [-0.2, -0.15) is 5.10 Å². The summed E-state index contributed by atoms with van der Waals surface area (Å²) in [7, 11) is 1.63. The van der Waals surface area contributed by atoms with Gasteiger partial charge in [-0.1, -0.05) is 35.4 Å². The highest BCUT2D eigenvalue weighted by Crippen LogP contribution is 2.16. The minimum atomic E-state index is -0.386. The second-order valence-electron chi connectivity index (χ2n) is 6.17. The molecule has 132 valence electrons. The Morgan fingerprint density at radius 2 is 1.27 bits per heavy atom. The Balaban J connectivity index is 1.81. The molecule has 0 unspecified atom stereocenters. The van der Waals surface area contributed by atoms with Crippen molar-refractivity contribution in [2.75, 3.05) is 10.6 Å². The number of nitrogens with one attached hydrogen (secondary N) is 2. The Labute approximate surface area is 151 Å². The molecule has 0 aliphatic rings. The summed E-state index contributed by atoms with van der Waals surface area (Å²) in [5, 5.41) is 9.66. The molecule has 2 aromatic carbocycles. The van der Waals surface area contributed by atoms with Crippen LogP contribution in [-0.2, 0) is 7.05 Å². The second kappa shape index (κ2) is 7.23. The lowest BCUT2D eigenvalue weighted by atomic mass is 10.2. The van der Waals surface area contributed by atoms with E-state index in [9.17, 15) is 9.59 Å². The Morgan fingerprint density at radius 3 is 1.77 bits per heavy atom. The van der Waals surface area contributed by atoms with Crippen LogP contribution in [0.5, 0.6) is 0 Å². The highest BCUT2D eigenvalue weighted by atomic mass is 16.2. The van der Waals surface area contributed by atoms with Gasteiger partial charge in [-0.05, 0) is 38.1 Å². The zero-order chi connectivity index (χ0) is 18.7. The third-order valence-corrected chi connectivity index (χ3v) is 4.02. The maximum absolute atomic E-state index is 12.7. The maximum Gasteiger partial charge on any atom is 0.274 e. The molecule has 2 amide bonds. The van der Waals surface area contributed by atoms with Crippen molar-refractivity contribution in [3.63, 3.8) is 0 Å². The molecular weight excluding hydrogens is 328 g/mol. The summed E-state index contributed by atoms with van der Waals surface area (Å²) in [6.45, 7) is 3.94. The average Bonchev–Trinajstić information content (AvgIpc) is 3.01. The summed E-state index contributed by atoms with van der Waals surface area (Å²) < 4.78 is 1.40. The van der Waals surface area contributed by atoms with Gasteiger partial charge in [0.15, 0.2) is 0 Å². The number of nitrogens with zero attached hydrogens (tertiary/aromatic N) is 2. The lowest BCUT2D eigenvalue weighted by molar-refractivity contribution is 0.0985. The number of aromatic nitrogens is 2. The first kappa shape index (κ1) is 17.4. The van der Waals surface area contributed by atoms with Gasteiger partial charge >= 0.3 is 0 Å². The van der Waals surface area contributed by atoms with Crippen molar-refractivity contribution in [3.8, 4) is 0 Å².